The largest absolute Gasteiger partial charge is 0.381 e. The maximum atomic E-state index is 5.95. The van der Waals surface area contributed by atoms with Crippen molar-refractivity contribution >= 4 is 12.6 Å². The van der Waals surface area contributed by atoms with E-state index in [0.717, 1.165) is 24.9 Å². The second-order valence-electron chi connectivity index (χ2n) is 5.80. The molecule has 17 heavy (non-hydrogen) atoms. The van der Waals surface area contributed by atoms with E-state index in [-0.39, 0.29) is 0 Å². The van der Waals surface area contributed by atoms with Crippen LogP contribution >= 0.6 is 12.6 Å². The summed E-state index contributed by atoms with van der Waals surface area (Å²) in [6.45, 7) is 6.42. The van der Waals surface area contributed by atoms with Crippen molar-refractivity contribution in [2.75, 3.05) is 19.0 Å². The van der Waals surface area contributed by atoms with Crippen LogP contribution in [-0.2, 0) is 4.74 Å². The lowest BCUT2D eigenvalue weighted by molar-refractivity contribution is 0.0332. The first-order valence-electron chi connectivity index (χ1n) is 7.45. The number of thiol groups is 1. The van der Waals surface area contributed by atoms with E-state index < -0.39 is 0 Å². The van der Waals surface area contributed by atoms with Gasteiger partial charge in [-0.25, -0.2) is 0 Å². The van der Waals surface area contributed by atoms with Crippen LogP contribution in [0.25, 0.3) is 0 Å². The molecule has 0 radical (unpaired) electrons. The summed E-state index contributed by atoms with van der Waals surface area (Å²) in [5, 5.41) is 0. The Labute approximate surface area is 113 Å². The Morgan fingerprint density at radius 1 is 1.18 bits per heavy atom. The molecular weight excluding hydrogens is 228 g/mol. The molecule has 1 aliphatic rings. The van der Waals surface area contributed by atoms with Gasteiger partial charge in [0.25, 0.3) is 0 Å². The standard InChI is InChI=1S/C15H30OS/c1-3-9-15(13-17,10-4-2)12-16-11-8-14-6-5-7-14/h14,17H,3-13H2,1-2H3. The zero-order valence-electron chi connectivity index (χ0n) is 11.7. The number of hydrogen-bond donors (Lipinski definition) is 1. The van der Waals surface area contributed by atoms with E-state index in [1.54, 1.807) is 0 Å². The van der Waals surface area contributed by atoms with Gasteiger partial charge in [-0.1, -0.05) is 46.0 Å². The molecule has 0 unspecified atom stereocenters. The van der Waals surface area contributed by atoms with E-state index in [1.807, 2.05) is 0 Å². The van der Waals surface area contributed by atoms with Crippen LogP contribution in [0.5, 0.6) is 0 Å². The Morgan fingerprint density at radius 3 is 2.24 bits per heavy atom. The van der Waals surface area contributed by atoms with Gasteiger partial charge in [-0.05, 0) is 30.9 Å². The highest BCUT2D eigenvalue weighted by Gasteiger charge is 2.27. The second-order valence-corrected chi connectivity index (χ2v) is 6.11. The fourth-order valence-electron chi connectivity index (χ4n) is 2.85. The van der Waals surface area contributed by atoms with E-state index in [1.165, 1.54) is 51.4 Å². The zero-order valence-corrected chi connectivity index (χ0v) is 12.6. The summed E-state index contributed by atoms with van der Waals surface area (Å²) in [7, 11) is 0. The van der Waals surface area contributed by atoms with E-state index >= 15 is 0 Å². The molecule has 0 aromatic carbocycles. The van der Waals surface area contributed by atoms with Gasteiger partial charge in [0, 0.05) is 12.0 Å². The monoisotopic (exact) mass is 258 g/mol. The van der Waals surface area contributed by atoms with Crippen molar-refractivity contribution in [3.8, 4) is 0 Å². The lowest BCUT2D eigenvalue weighted by Crippen LogP contribution is -2.29. The number of rotatable bonds is 10. The zero-order chi connectivity index (χ0) is 12.6. The molecule has 0 spiro atoms. The van der Waals surface area contributed by atoms with Gasteiger partial charge in [-0.3, -0.25) is 0 Å². The molecule has 1 rings (SSSR count). The molecule has 0 aromatic heterocycles. The summed E-state index contributed by atoms with van der Waals surface area (Å²) < 4.78 is 5.95. The Bertz CT molecular complexity index is 183. The summed E-state index contributed by atoms with van der Waals surface area (Å²) in [6, 6.07) is 0. The SMILES string of the molecule is CCCC(CS)(CCC)COCCC1CCC1. The smallest absolute Gasteiger partial charge is 0.0530 e. The lowest BCUT2D eigenvalue weighted by atomic mass is 9.81. The van der Waals surface area contributed by atoms with Crippen LogP contribution in [0.4, 0.5) is 0 Å². The number of hydrogen-bond acceptors (Lipinski definition) is 2. The molecule has 0 N–H and O–H groups in total. The van der Waals surface area contributed by atoms with Gasteiger partial charge in [0.15, 0.2) is 0 Å². The molecule has 1 aliphatic carbocycles. The minimum atomic E-state index is 0.340. The van der Waals surface area contributed by atoms with Gasteiger partial charge in [0.05, 0.1) is 6.61 Å². The van der Waals surface area contributed by atoms with Crippen LogP contribution in [0.1, 0.15) is 65.2 Å². The van der Waals surface area contributed by atoms with Gasteiger partial charge in [0.2, 0.25) is 0 Å². The molecule has 0 heterocycles. The van der Waals surface area contributed by atoms with Crippen molar-refractivity contribution in [2.24, 2.45) is 11.3 Å². The molecule has 0 aliphatic heterocycles. The first-order chi connectivity index (χ1) is 8.26. The predicted octanol–water partition coefficient (Wildman–Crippen LogP) is 4.71. The van der Waals surface area contributed by atoms with Crippen LogP contribution < -0.4 is 0 Å². The molecule has 0 aromatic rings. The minimum absolute atomic E-state index is 0.340. The molecule has 0 atom stereocenters. The Balaban J connectivity index is 2.21. The summed E-state index contributed by atoms with van der Waals surface area (Å²) >= 11 is 4.56. The van der Waals surface area contributed by atoms with Crippen LogP contribution in [0.2, 0.25) is 0 Å². The summed E-state index contributed by atoms with van der Waals surface area (Å²) in [5.41, 5.74) is 0.340. The van der Waals surface area contributed by atoms with Crippen LogP contribution in [0, 0.1) is 11.3 Å². The predicted molar refractivity (Wildman–Crippen MR) is 78.9 cm³/mol. The highest BCUT2D eigenvalue weighted by atomic mass is 32.1. The average molecular weight is 258 g/mol. The van der Waals surface area contributed by atoms with Crippen LogP contribution in [0.15, 0.2) is 0 Å². The molecule has 0 bridgehead atoms. The molecule has 1 nitrogen and oxygen atoms in total. The van der Waals surface area contributed by atoms with Crippen molar-refractivity contribution in [2.45, 2.75) is 65.2 Å². The lowest BCUT2D eigenvalue weighted by Gasteiger charge is -2.32. The Kier molecular flexibility index (Phi) is 7.61. The van der Waals surface area contributed by atoms with Gasteiger partial charge >= 0.3 is 0 Å². The van der Waals surface area contributed by atoms with Gasteiger partial charge < -0.3 is 4.74 Å². The third-order valence-electron chi connectivity index (χ3n) is 4.20. The van der Waals surface area contributed by atoms with E-state index in [2.05, 4.69) is 26.5 Å². The highest BCUT2D eigenvalue weighted by Crippen LogP contribution is 2.33. The molecular formula is C15H30OS. The molecule has 0 saturated heterocycles. The molecule has 1 fully saturated rings. The van der Waals surface area contributed by atoms with Crippen LogP contribution in [-0.4, -0.2) is 19.0 Å². The third kappa shape index (κ3) is 5.21. The van der Waals surface area contributed by atoms with Crippen molar-refractivity contribution in [1.82, 2.24) is 0 Å². The molecule has 0 amide bonds. The van der Waals surface area contributed by atoms with E-state index in [0.29, 0.717) is 5.41 Å². The number of ether oxygens (including phenoxy) is 1. The van der Waals surface area contributed by atoms with E-state index in [4.69, 9.17) is 4.74 Å². The fourth-order valence-corrected chi connectivity index (χ4v) is 3.26. The quantitative estimate of drug-likeness (QED) is 0.441. The van der Waals surface area contributed by atoms with Gasteiger partial charge in [-0.2, -0.15) is 12.6 Å². The summed E-state index contributed by atoms with van der Waals surface area (Å²) in [4.78, 5) is 0. The van der Waals surface area contributed by atoms with Crippen molar-refractivity contribution in [1.29, 1.82) is 0 Å². The first kappa shape index (κ1) is 15.4. The van der Waals surface area contributed by atoms with Crippen molar-refractivity contribution < 1.29 is 4.74 Å². The molecule has 2 heteroatoms. The highest BCUT2D eigenvalue weighted by molar-refractivity contribution is 7.80. The van der Waals surface area contributed by atoms with Crippen molar-refractivity contribution in [3.05, 3.63) is 0 Å². The topological polar surface area (TPSA) is 9.23 Å². The third-order valence-corrected chi connectivity index (χ3v) is 4.87. The van der Waals surface area contributed by atoms with Gasteiger partial charge in [-0.15, -0.1) is 0 Å². The average Bonchev–Trinajstić information content (AvgIpc) is 2.26. The Morgan fingerprint density at radius 2 is 1.82 bits per heavy atom. The van der Waals surface area contributed by atoms with Crippen LogP contribution in [0.3, 0.4) is 0 Å². The maximum absolute atomic E-state index is 5.95. The summed E-state index contributed by atoms with van der Waals surface area (Å²) in [6.07, 6.45) is 10.6. The second kappa shape index (κ2) is 8.42. The minimum Gasteiger partial charge on any atom is -0.381 e. The van der Waals surface area contributed by atoms with Crippen molar-refractivity contribution in [3.63, 3.8) is 0 Å². The molecule has 1 saturated carbocycles. The normalized spacial score (nSPS) is 17.1. The fraction of sp³-hybridized carbons (Fsp3) is 1.00. The summed E-state index contributed by atoms with van der Waals surface area (Å²) in [5.74, 6) is 1.94. The first-order valence-corrected chi connectivity index (χ1v) is 8.08. The Hall–Kier alpha value is 0.310. The van der Waals surface area contributed by atoms with Gasteiger partial charge in [0.1, 0.15) is 0 Å². The maximum Gasteiger partial charge on any atom is 0.0530 e. The molecule has 102 valence electrons. The van der Waals surface area contributed by atoms with E-state index in [9.17, 15) is 0 Å².